The van der Waals surface area contributed by atoms with Gasteiger partial charge in [-0.3, -0.25) is 9.59 Å². The highest BCUT2D eigenvalue weighted by Gasteiger charge is 2.45. The molecule has 1 amide bonds. The summed E-state index contributed by atoms with van der Waals surface area (Å²) in [5, 5.41) is 12.2. The normalized spacial score (nSPS) is 16.5. The van der Waals surface area contributed by atoms with E-state index in [0.29, 0.717) is 39.1 Å². The number of hydrogen-bond donors (Lipinski definition) is 1. The van der Waals surface area contributed by atoms with Crippen molar-refractivity contribution in [1.29, 1.82) is 0 Å². The maximum absolute atomic E-state index is 13.5. The highest BCUT2D eigenvalue weighted by atomic mass is 35.5. The first-order valence-electron chi connectivity index (χ1n) is 10.6. The number of aryl methyl sites for hydroxylation is 2. The summed E-state index contributed by atoms with van der Waals surface area (Å²) < 4.78 is 0. The fourth-order valence-electron chi connectivity index (χ4n) is 4.06. The summed E-state index contributed by atoms with van der Waals surface area (Å²) in [7, 11) is 0. The lowest BCUT2D eigenvalue weighted by Gasteiger charge is -2.29. The van der Waals surface area contributed by atoms with Gasteiger partial charge in [-0.05, 0) is 52.0 Å². The van der Waals surface area contributed by atoms with Gasteiger partial charge in [0.1, 0.15) is 0 Å². The van der Waals surface area contributed by atoms with E-state index in [1.165, 1.54) is 16.2 Å². The highest BCUT2D eigenvalue weighted by Crippen LogP contribution is 2.45. The standard InChI is InChI=1S/C23H27Cl2N3O3S/c1-5-27(6-2)11-8-12-28-19(17-15(24)9-7-10-16(17)25)18(21(30)23(28)31)20(29)22-13(3)26-14(4)32-22/h7,9-10,19,30H,5-6,8,11-12H2,1-4H3. The minimum absolute atomic E-state index is 0.000380. The number of nitrogens with zero attached hydrogens (tertiary/aromatic N) is 3. The Morgan fingerprint density at radius 3 is 2.38 bits per heavy atom. The molecule has 32 heavy (non-hydrogen) atoms. The third-order valence-electron chi connectivity index (χ3n) is 5.70. The van der Waals surface area contributed by atoms with Crippen molar-refractivity contribution in [1.82, 2.24) is 14.8 Å². The second-order valence-corrected chi connectivity index (χ2v) is 9.67. The molecule has 9 heteroatoms. The van der Waals surface area contributed by atoms with E-state index in [-0.39, 0.29) is 5.57 Å². The van der Waals surface area contributed by atoms with Crippen molar-refractivity contribution >= 4 is 46.2 Å². The van der Waals surface area contributed by atoms with Gasteiger partial charge in [-0.2, -0.15) is 0 Å². The predicted molar refractivity (Wildman–Crippen MR) is 129 cm³/mol. The number of carbonyl (C=O) groups is 2. The number of aromatic nitrogens is 1. The van der Waals surface area contributed by atoms with Gasteiger partial charge >= 0.3 is 0 Å². The van der Waals surface area contributed by atoms with E-state index < -0.39 is 23.5 Å². The number of aliphatic hydroxyl groups is 1. The molecule has 6 nitrogen and oxygen atoms in total. The van der Waals surface area contributed by atoms with Crippen LogP contribution < -0.4 is 0 Å². The minimum atomic E-state index is -0.866. The Balaban J connectivity index is 2.05. The van der Waals surface area contributed by atoms with Crippen LogP contribution in [0.2, 0.25) is 10.0 Å². The maximum atomic E-state index is 13.5. The summed E-state index contributed by atoms with van der Waals surface area (Å²) in [6.45, 7) is 10.7. The monoisotopic (exact) mass is 495 g/mol. The number of ketones is 1. The Bertz CT molecular complexity index is 1040. The zero-order valence-corrected chi connectivity index (χ0v) is 20.9. The van der Waals surface area contributed by atoms with Gasteiger partial charge in [0.15, 0.2) is 5.76 Å². The van der Waals surface area contributed by atoms with Crippen LogP contribution in [-0.4, -0.2) is 57.8 Å². The van der Waals surface area contributed by atoms with E-state index in [1.54, 1.807) is 25.1 Å². The van der Waals surface area contributed by atoms with Gasteiger partial charge in [-0.1, -0.05) is 43.1 Å². The molecule has 2 heterocycles. The Hall–Kier alpha value is -1.93. The quantitative estimate of drug-likeness (QED) is 0.472. The second kappa shape index (κ2) is 10.3. The van der Waals surface area contributed by atoms with Crippen LogP contribution in [0.3, 0.4) is 0 Å². The highest BCUT2D eigenvalue weighted by molar-refractivity contribution is 7.14. The molecule has 172 valence electrons. The van der Waals surface area contributed by atoms with Gasteiger partial charge in [0.05, 0.1) is 27.2 Å². The summed E-state index contributed by atoms with van der Waals surface area (Å²) in [5.74, 6) is -1.57. The largest absolute Gasteiger partial charge is 0.503 e. The summed E-state index contributed by atoms with van der Waals surface area (Å²) >= 11 is 14.2. The van der Waals surface area contributed by atoms with E-state index >= 15 is 0 Å². The van der Waals surface area contributed by atoms with Crippen molar-refractivity contribution in [3.63, 3.8) is 0 Å². The number of rotatable bonds is 9. The fourth-order valence-corrected chi connectivity index (χ4v) is 5.54. The maximum Gasteiger partial charge on any atom is 0.290 e. The van der Waals surface area contributed by atoms with Crippen molar-refractivity contribution < 1.29 is 14.7 Å². The van der Waals surface area contributed by atoms with Crippen LogP contribution in [0, 0.1) is 13.8 Å². The Morgan fingerprint density at radius 1 is 1.22 bits per heavy atom. The molecule has 2 aromatic rings. The lowest BCUT2D eigenvalue weighted by Crippen LogP contribution is -2.34. The van der Waals surface area contributed by atoms with Gasteiger partial charge in [-0.15, -0.1) is 11.3 Å². The molecule has 1 aromatic heterocycles. The van der Waals surface area contributed by atoms with Gasteiger partial charge in [0.25, 0.3) is 5.91 Å². The van der Waals surface area contributed by atoms with Gasteiger partial charge in [0, 0.05) is 22.2 Å². The Kier molecular flexibility index (Phi) is 7.98. The van der Waals surface area contributed by atoms with Gasteiger partial charge in [-0.25, -0.2) is 4.98 Å². The number of hydrogen-bond acceptors (Lipinski definition) is 6. The van der Waals surface area contributed by atoms with Crippen molar-refractivity contribution in [2.75, 3.05) is 26.2 Å². The summed E-state index contributed by atoms with van der Waals surface area (Å²) in [6.07, 6.45) is 0.680. The molecular formula is C23H27Cl2N3O3S. The minimum Gasteiger partial charge on any atom is -0.503 e. The molecule has 0 saturated heterocycles. The first-order chi connectivity index (χ1) is 15.2. The first-order valence-corrected chi connectivity index (χ1v) is 12.2. The van der Waals surface area contributed by atoms with Crippen molar-refractivity contribution in [3.8, 4) is 0 Å². The van der Waals surface area contributed by atoms with Gasteiger partial charge < -0.3 is 14.9 Å². The lowest BCUT2D eigenvalue weighted by atomic mass is 9.94. The molecule has 1 N–H and O–H groups in total. The number of amides is 1. The third kappa shape index (κ3) is 4.71. The zero-order chi connectivity index (χ0) is 23.6. The number of thiazole rings is 1. The number of Topliss-reactive ketones (excluding diaryl/α,β-unsaturated/α-hetero) is 1. The Labute approximate surface area is 202 Å². The molecule has 1 aliphatic heterocycles. The molecule has 1 atom stereocenters. The summed E-state index contributed by atoms with van der Waals surface area (Å²) in [4.78, 5) is 35.1. The topological polar surface area (TPSA) is 73.7 Å². The molecule has 0 radical (unpaired) electrons. The van der Waals surface area contributed by atoms with Crippen LogP contribution in [0.15, 0.2) is 29.5 Å². The molecule has 3 rings (SSSR count). The van der Waals surface area contributed by atoms with E-state index in [4.69, 9.17) is 23.2 Å². The van der Waals surface area contributed by atoms with Gasteiger partial charge in [0.2, 0.25) is 5.78 Å². The number of carbonyl (C=O) groups excluding carboxylic acids is 2. The van der Waals surface area contributed by atoms with Crippen LogP contribution in [0.1, 0.15) is 52.2 Å². The van der Waals surface area contributed by atoms with E-state index in [2.05, 4.69) is 23.7 Å². The SMILES string of the molecule is CCN(CC)CCCN1C(=O)C(O)=C(C(=O)c2sc(C)nc2C)C1c1c(Cl)cccc1Cl. The average molecular weight is 496 g/mol. The third-order valence-corrected chi connectivity index (χ3v) is 7.43. The molecule has 1 unspecified atom stereocenters. The second-order valence-electron chi connectivity index (χ2n) is 7.66. The molecule has 1 aromatic carbocycles. The molecule has 1 aliphatic rings. The first kappa shape index (κ1) is 24.7. The van der Waals surface area contributed by atoms with E-state index in [1.807, 2.05) is 6.92 Å². The molecule has 0 aliphatic carbocycles. The molecule has 0 spiro atoms. The smallest absolute Gasteiger partial charge is 0.290 e. The van der Waals surface area contributed by atoms with Crippen molar-refractivity contribution in [2.24, 2.45) is 0 Å². The number of benzene rings is 1. The predicted octanol–water partition coefficient (Wildman–Crippen LogP) is 5.38. The van der Waals surface area contributed by atoms with E-state index in [0.717, 1.165) is 24.6 Å². The summed E-state index contributed by atoms with van der Waals surface area (Å²) in [5.41, 5.74) is 1.01. The average Bonchev–Trinajstić information content (AvgIpc) is 3.21. The van der Waals surface area contributed by atoms with Crippen molar-refractivity contribution in [2.45, 2.75) is 40.2 Å². The fraction of sp³-hybridized carbons (Fsp3) is 0.435. The van der Waals surface area contributed by atoms with Crippen molar-refractivity contribution in [3.05, 3.63) is 60.7 Å². The number of aliphatic hydroxyl groups excluding tert-OH is 1. The molecule has 0 bridgehead atoms. The zero-order valence-electron chi connectivity index (χ0n) is 18.6. The molecule has 0 fully saturated rings. The number of halogens is 2. The van der Waals surface area contributed by atoms with Crippen LogP contribution >= 0.6 is 34.5 Å². The van der Waals surface area contributed by atoms with Crippen LogP contribution in [0.4, 0.5) is 0 Å². The summed E-state index contributed by atoms with van der Waals surface area (Å²) in [6, 6.07) is 4.17. The van der Waals surface area contributed by atoms with E-state index in [9.17, 15) is 14.7 Å². The lowest BCUT2D eigenvalue weighted by molar-refractivity contribution is -0.129. The molecular weight excluding hydrogens is 469 g/mol. The van der Waals surface area contributed by atoms with Crippen LogP contribution in [-0.2, 0) is 4.79 Å². The Morgan fingerprint density at radius 2 is 1.84 bits per heavy atom. The van der Waals surface area contributed by atoms with Crippen LogP contribution in [0.5, 0.6) is 0 Å². The van der Waals surface area contributed by atoms with Crippen LogP contribution in [0.25, 0.3) is 0 Å². The molecule has 0 saturated carbocycles.